The number of rotatable bonds is 4. The van der Waals surface area contributed by atoms with E-state index in [9.17, 15) is 9.90 Å². The van der Waals surface area contributed by atoms with E-state index < -0.39 is 5.60 Å². The highest BCUT2D eigenvalue weighted by atomic mass is 16.3. The number of hydrogen-bond donors (Lipinski definition) is 1. The van der Waals surface area contributed by atoms with Gasteiger partial charge in [0.25, 0.3) is 5.91 Å². The lowest BCUT2D eigenvalue weighted by atomic mass is 9.82. The van der Waals surface area contributed by atoms with Crippen LogP contribution in [0, 0.1) is 11.8 Å². The molecular formula is C18H28N2O2. The molecule has 1 aliphatic heterocycles. The Kier molecular flexibility index (Phi) is 4.93. The third-order valence-electron chi connectivity index (χ3n) is 4.81. The second-order valence-corrected chi connectivity index (χ2v) is 7.13. The van der Waals surface area contributed by atoms with Crippen LogP contribution in [0.15, 0.2) is 24.3 Å². The molecule has 4 heteroatoms. The molecule has 2 rings (SSSR count). The summed E-state index contributed by atoms with van der Waals surface area (Å²) in [6, 6.07) is 7.76. The van der Waals surface area contributed by atoms with Gasteiger partial charge < -0.3 is 14.9 Å². The minimum absolute atomic E-state index is 0.0286. The van der Waals surface area contributed by atoms with Gasteiger partial charge in [-0.1, -0.05) is 39.0 Å². The minimum Gasteiger partial charge on any atom is -0.387 e. The van der Waals surface area contributed by atoms with Gasteiger partial charge in [0.1, 0.15) is 0 Å². The average Bonchev–Trinajstić information content (AvgIpc) is 2.75. The van der Waals surface area contributed by atoms with Crippen molar-refractivity contribution in [3.63, 3.8) is 0 Å². The minimum atomic E-state index is -0.786. The van der Waals surface area contributed by atoms with Gasteiger partial charge in [0, 0.05) is 24.6 Å². The van der Waals surface area contributed by atoms with Crippen LogP contribution in [-0.2, 0) is 6.54 Å². The number of likely N-dealkylation sites (tertiary alicyclic amines) is 1. The van der Waals surface area contributed by atoms with Crippen LogP contribution in [0.3, 0.4) is 0 Å². The first-order valence-electron chi connectivity index (χ1n) is 8.00. The fourth-order valence-corrected chi connectivity index (χ4v) is 3.30. The molecule has 1 saturated heterocycles. The summed E-state index contributed by atoms with van der Waals surface area (Å²) >= 11 is 0. The van der Waals surface area contributed by atoms with Crippen molar-refractivity contribution < 1.29 is 9.90 Å². The number of aliphatic hydroxyl groups is 1. The molecule has 1 N–H and O–H groups in total. The van der Waals surface area contributed by atoms with E-state index in [1.54, 1.807) is 4.90 Å². The van der Waals surface area contributed by atoms with Crippen molar-refractivity contribution in [2.45, 2.75) is 32.9 Å². The van der Waals surface area contributed by atoms with Crippen molar-refractivity contribution >= 4 is 5.91 Å². The average molecular weight is 304 g/mol. The number of carbonyl (C=O) groups is 1. The number of carbonyl (C=O) groups excluding carboxylic acids is 1. The maximum absolute atomic E-state index is 12.9. The largest absolute Gasteiger partial charge is 0.387 e. The summed E-state index contributed by atoms with van der Waals surface area (Å²) in [7, 11) is 3.99. The fourth-order valence-electron chi connectivity index (χ4n) is 3.30. The smallest absolute Gasteiger partial charge is 0.254 e. The Morgan fingerprint density at radius 2 is 2.05 bits per heavy atom. The highest BCUT2D eigenvalue weighted by Gasteiger charge is 2.46. The van der Waals surface area contributed by atoms with Crippen molar-refractivity contribution in [3.8, 4) is 0 Å². The summed E-state index contributed by atoms with van der Waals surface area (Å²) in [6.45, 7) is 7.83. The van der Waals surface area contributed by atoms with Gasteiger partial charge in [-0.3, -0.25) is 4.79 Å². The third-order valence-corrected chi connectivity index (χ3v) is 4.81. The Morgan fingerprint density at radius 3 is 2.59 bits per heavy atom. The summed E-state index contributed by atoms with van der Waals surface area (Å²) in [5.74, 6) is 0.260. The van der Waals surface area contributed by atoms with Crippen LogP contribution in [0.5, 0.6) is 0 Å². The summed E-state index contributed by atoms with van der Waals surface area (Å²) < 4.78 is 0. The molecule has 1 amide bonds. The summed E-state index contributed by atoms with van der Waals surface area (Å²) in [5.41, 5.74) is 0.994. The van der Waals surface area contributed by atoms with Crippen molar-refractivity contribution in [3.05, 3.63) is 35.4 Å². The first-order valence-corrected chi connectivity index (χ1v) is 8.00. The summed E-state index contributed by atoms with van der Waals surface area (Å²) in [5, 5.41) is 10.8. The van der Waals surface area contributed by atoms with E-state index in [4.69, 9.17) is 0 Å². The van der Waals surface area contributed by atoms with Crippen LogP contribution in [0.25, 0.3) is 0 Å². The molecule has 122 valence electrons. The van der Waals surface area contributed by atoms with Gasteiger partial charge in [-0.05, 0) is 31.6 Å². The zero-order valence-corrected chi connectivity index (χ0v) is 14.3. The zero-order valence-electron chi connectivity index (χ0n) is 14.3. The molecule has 0 bridgehead atoms. The highest BCUT2D eigenvalue weighted by molar-refractivity contribution is 5.96. The molecule has 1 aromatic rings. The first-order chi connectivity index (χ1) is 10.3. The van der Waals surface area contributed by atoms with Gasteiger partial charge >= 0.3 is 0 Å². The first kappa shape index (κ1) is 17.0. The second kappa shape index (κ2) is 6.39. The lowest BCUT2D eigenvalue weighted by Crippen LogP contribution is -2.43. The molecule has 1 heterocycles. The molecule has 0 unspecified atom stereocenters. The number of amides is 1. The van der Waals surface area contributed by atoms with Gasteiger partial charge in [0.05, 0.1) is 12.1 Å². The van der Waals surface area contributed by atoms with Crippen LogP contribution >= 0.6 is 0 Å². The maximum atomic E-state index is 12.9. The topological polar surface area (TPSA) is 43.8 Å². The molecule has 1 fully saturated rings. The summed E-state index contributed by atoms with van der Waals surface area (Å²) in [4.78, 5) is 16.8. The third kappa shape index (κ3) is 3.18. The van der Waals surface area contributed by atoms with Crippen molar-refractivity contribution in [2.75, 3.05) is 27.2 Å². The van der Waals surface area contributed by atoms with E-state index in [1.165, 1.54) is 0 Å². The molecular weight excluding hydrogens is 276 g/mol. The Labute approximate surface area is 133 Å². The normalized spacial score (nSPS) is 25.3. The lowest BCUT2D eigenvalue weighted by Gasteiger charge is -2.31. The van der Waals surface area contributed by atoms with Crippen LogP contribution in [0.1, 0.15) is 36.7 Å². The Morgan fingerprint density at radius 1 is 1.41 bits per heavy atom. The molecule has 1 aromatic carbocycles. The maximum Gasteiger partial charge on any atom is 0.254 e. The number of hydrogen-bond acceptors (Lipinski definition) is 3. The van der Waals surface area contributed by atoms with Gasteiger partial charge in [0.2, 0.25) is 0 Å². The van der Waals surface area contributed by atoms with Crippen LogP contribution in [0.4, 0.5) is 0 Å². The SMILES string of the molecule is CC(C)[C@]1(O)CN(C(=O)c2ccccc2CN(C)C)C[C@H]1C. The molecule has 1 aliphatic rings. The molecule has 4 nitrogen and oxygen atoms in total. The summed E-state index contributed by atoms with van der Waals surface area (Å²) in [6.07, 6.45) is 0. The van der Waals surface area contributed by atoms with E-state index in [1.807, 2.05) is 59.1 Å². The Hall–Kier alpha value is -1.39. The van der Waals surface area contributed by atoms with Gasteiger partial charge in [-0.15, -0.1) is 0 Å². The Balaban J connectivity index is 2.23. The van der Waals surface area contributed by atoms with E-state index >= 15 is 0 Å². The van der Waals surface area contributed by atoms with Crippen LogP contribution in [0.2, 0.25) is 0 Å². The van der Waals surface area contributed by atoms with Gasteiger partial charge in [-0.25, -0.2) is 0 Å². The van der Waals surface area contributed by atoms with Crippen molar-refractivity contribution in [1.82, 2.24) is 9.80 Å². The second-order valence-electron chi connectivity index (χ2n) is 7.13. The molecule has 0 saturated carbocycles. The van der Waals surface area contributed by atoms with Crippen LogP contribution in [-0.4, -0.2) is 53.6 Å². The molecule has 0 spiro atoms. The number of β-amino-alcohol motifs (C(OH)–C–C–N with tert-alkyl or cyclic N) is 1. The Bertz CT molecular complexity index is 542. The standard InChI is InChI=1S/C18H28N2O2/c1-13(2)18(22)12-20(10-14(18)3)17(21)16-9-7-6-8-15(16)11-19(4)5/h6-9,13-14,22H,10-12H2,1-5H3/t14-,18-/m1/s1. The van der Waals surface area contributed by atoms with Crippen molar-refractivity contribution in [1.29, 1.82) is 0 Å². The van der Waals surface area contributed by atoms with Gasteiger partial charge in [0.15, 0.2) is 0 Å². The molecule has 0 aromatic heterocycles. The zero-order chi connectivity index (χ0) is 16.5. The van der Waals surface area contributed by atoms with Crippen molar-refractivity contribution in [2.24, 2.45) is 11.8 Å². The molecule has 0 radical (unpaired) electrons. The monoisotopic (exact) mass is 304 g/mol. The predicted octanol–water partition coefficient (Wildman–Crippen LogP) is 2.23. The highest BCUT2D eigenvalue weighted by Crippen LogP contribution is 2.34. The van der Waals surface area contributed by atoms with E-state index in [0.29, 0.717) is 13.1 Å². The van der Waals surface area contributed by atoms with Gasteiger partial charge in [-0.2, -0.15) is 0 Å². The molecule has 22 heavy (non-hydrogen) atoms. The predicted molar refractivity (Wildman–Crippen MR) is 88.7 cm³/mol. The molecule has 2 atom stereocenters. The van der Waals surface area contributed by atoms with E-state index in [-0.39, 0.29) is 17.7 Å². The number of benzene rings is 1. The quantitative estimate of drug-likeness (QED) is 0.927. The van der Waals surface area contributed by atoms with Crippen LogP contribution < -0.4 is 0 Å². The van der Waals surface area contributed by atoms with E-state index in [2.05, 4.69) is 4.90 Å². The lowest BCUT2D eigenvalue weighted by molar-refractivity contribution is -0.0244. The number of nitrogens with zero attached hydrogens (tertiary/aromatic N) is 2. The fraction of sp³-hybridized carbons (Fsp3) is 0.611. The molecule has 0 aliphatic carbocycles. The van der Waals surface area contributed by atoms with E-state index in [0.717, 1.165) is 17.7 Å².